The van der Waals surface area contributed by atoms with Crippen LogP contribution in [0.5, 0.6) is 0 Å². The molecule has 0 spiro atoms. The van der Waals surface area contributed by atoms with Gasteiger partial charge in [0.05, 0.1) is 21.9 Å². The van der Waals surface area contributed by atoms with Gasteiger partial charge in [-0.3, -0.25) is 19.2 Å². The molecule has 39 heavy (non-hydrogen) atoms. The van der Waals surface area contributed by atoms with Gasteiger partial charge in [0.25, 0.3) is 17.7 Å². The van der Waals surface area contributed by atoms with Crippen LogP contribution < -0.4 is 0 Å². The number of hydrogen-bond donors (Lipinski definition) is 0. The normalized spacial score (nSPS) is 29.6. The molecule has 0 aromatic heterocycles. The van der Waals surface area contributed by atoms with Crippen LogP contribution in [0.2, 0.25) is 10.0 Å². The Balaban J connectivity index is 1.63. The van der Waals surface area contributed by atoms with E-state index < -0.39 is 55.5 Å². The second kappa shape index (κ2) is 9.67. The number of alkyl halides is 4. The van der Waals surface area contributed by atoms with Gasteiger partial charge in [0.1, 0.15) is 15.8 Å². The maximum Gasteiger partial charge on any atom is 0.273 e. The summed E-state index contributed by atoms with van der Waals surface area (Å²) >= 11 is 51.4. The number of hydrazine groups is 1. The van der Waals surface area contributed by atoms with Gasteiger partial charge in [0.15, 0.2) is 10.1 Å². The first-order chi connectivity index (χ1) is 18.1. The number of allylic oxidation sites excluding steroid dienone is 2. The summed E-state index contributed by atoms with van der Waals surface area (Å²) in [6.07, 6.45) is 0. The number of fused-ring (bicyclic) bond motifs is 5. The Labute approximate surface area is 262 Å². The number of carbonyl (C=O) groups excluding carboxylic acids is 4. The van der Waals surface area contributed by atoms with E-state index in [-0.39, 0.29) is 21.2 Å². The van der Waals surface area contributed by atoms with E-state index in [2.05, 4.69) is 0 Å². The number of halogens is 8. The highest BCUT2D eigenvalue weighted by molar-refractivity contribution is 6.66. The molecule has 0 radical (unpaired) electrons. The van der Waals surface area contributed by atoms with Gasteiger partial charge in [-0.25, -0.2) is 5.01 Å². The zero-order chi connectivity index (χ0) is 28.8. The van der Waals surface area contributed by atoms with Gasteiger partial charge in [0, 0.05) is 21.2 Å². The number of ketones is 1. The van der Waals surface area contributed by atoms with Crippen molar-refractivity contribution in [1.82, 2.24) is 10.0 Å². The molecular formula is C25H14Cl8N2O4. The summed E-state index contributed by atoms with van der Waals surface area (Å²) < 4.78 is -2.15. The highest BCUT2D eigenvalue weighted by atomic mass is 35.5. The van der Waals surface area contributed by atoms with Crippen LogP contribution in [0.15, 0.2) is 58.6 Å². The minimum Gasteiger partial charge on any atom is -0.292 e. The molecule has 1 saturated carbocycles. The van der Waals surface area contributed by atoms with Crippen molar-refractivity contribution in [2.45, 2.75) is 27.0 Å². The lowest BCUT2D eigenvalue weighted by atomic mass is 9.84. The molecule has 204 valence electrons. The highest BCUT2D eigenvalue weighted by Gasteiger charge is 2.88. The Hall–Kier alpha value is -1.22. The molecule has 2 fully saturated rings. The standard InChI is InChI=1S/C25H14Cl8N2O4/c1-10(17(36)11-2-6-13(26)7-3-11)34(20(37)12-4-8-14(27)9-5-12)35-21(38)15-16(22(35)39)24(31)19(29)18(28)23(15,30)25(24,32)33/h2-10,15-16H,1H3/t10-,15-,16-,23-,24-/m1/s1. The lowest BCUT2D eigenvalue weighted by Gasteiger charge is -2.38. The molecule has 6 nitrogen and oxygen atoms in total. The van der Waals surface area contributed by atoms with Crippen molar-refractivity contribution < 1.29 is 19.2 Å². The second-order valence-electron chi connectivity index (χ2n) is 9.27. The van der Waals surface area contributed by atoms with E-state index in [4.69, 9.17) is 92.8 Å². The molecule has 2 bridgehead atoms. The van der Waals surface area contributed by atoms with Crippen LogP contribution in [0.1, 0.15) is 27.6 Å². The molecule has 3 amide bonds. The van der Waals surface area contributed by atoms with Gasteiger partial charge in [-0.2, -0.15) is 5.01 Å². The number of nitrogens with zero attached hydrogens (tertiary/aromatic N) is 2. The highest BCUT2D eigenvalue weighted by Crippen LogP contribution is 2.77. The van der Waals surface area contributed by atoms with Crippen LogP contribution in [-0.4, -0.2) is 53.6 Å². The fourth-order valence-electron chi connectivity index (χ4n) is 5.32. The summed E-state index contributed by atoms with van der Waals surface area (Å²) in [6, 6.07) is 10.2. The number of rotatable bonds is 5. The molecular weight excluding hydrogens is 676 g/mol. The number of hydrogen-bond acceptors (Lipinski definition) is 4. The van der Waals surface area contributed by atoms with E-state index in [1.807, 2.05) is 0 Å². The molecule has 1 saturated heterocycles. The molecule has 2 aliphatic carbocycles. The van der Waals surface area contributed by atoms with Crippen LogP contribution in [0.3, 0.4) is 0 Å². The number of imide groups is 1. The van der Waals surface area contributed by atoms with Crippen molar-refractivity contribution in [1.29, 1.82) is 0 Å². The average molecular weight is 690 g/mol. The van der Waals surface area contributed by atoms with Gasteiger partial charge >= 0.3 is 0 Å². The van der Waals surface area contributed by atoms with Crippen molar-refractivity contribution in [3.05, 3.63) is 79.8 Å². The van der Waals surface area contributed by atoms with Crippen molar-refractivity contribution in [2.24, 2.45) is 11.8 Å². The molecule has 1 heterocycles. The van der Waals surface area contributed by atoms with Crippen LogP contribution in [0.4, 0.5) is 0 Å². The van der Waals surface area contributed by atoms with E-state index in [0.717, 1.165) is 5.01 Å². The fraction of sp³-hybridized carbons (Fsp3) is 0.280. The second-order valence-corrected chi connectivity index (χ2v) is 13.4. The topological polar surface area (TPSA) is 74.8 Å². The number of carbonyl (C=O) groups is 4. The minimum absolute atomic E-state index is 0.0372. The maximum absolute atomic E-state index is 14.0. The summed E-state index contributed by atoms with van der Waals surface area (Å²) in [5.74, 6) is -6.38. The third-order valence-electron chi connectivity index (χ3n) is 7.28. The Morgan fingerprint density at radius 1 is 0.744 bits per heavy atom. The Morgan fingerprint density at radius 2 is 1.13 bits per heavy atom. The predicted octanol–water partition coefficient (Wildman–Crippen LogP) is 7.07. The average Bonchev–Trinajstić information content (AvgIpc) is 3.28. The van der Waals surface area contributed by atoms with E-state index in [1.165, 1.54) is 55.5 Å². The first-order valence-corrected chi connectivity index (χ1v) is 14.2. The molecule has 2 aromatic rings. The van der Waals surface area contributed by atoms with Gasteiger partial charge < -0.3 is 0 Å². The molecule has 5 rings (SSSR count). The van der Waals surface area contributed by atoms with Gasteiger partial charge in [-0.1, -0.05) is 69.6 Å². The Morgan fingerprint density at radius 3 is 1.54 bits per heavy atom. The summed E-state index contributed by atoms with van der Waals surface area (Å²) in [5.41, 5.74) is 0.214. The molecule has 1 aliphatic heterocycles. The molecule has 14 heteroatoms. The van der Waals surface area contributed by atoms with Crippen molar-refractivity contribution in [3.63, 3.8) is 0 Å². The maximum atomic E-state index is 14.0. The summed E-state index contributed by atoms with van der Waals surface area (Å²) in [4.78, 5) is 51.2. The predicted molar refractivity (Wildman–Crippen MR) is 152 cm³/mol. The fourth-order valence-corrected chi connectivity index (χ4v) is 8.50. The van der Waals surface area contributed by atoms with Crippen LogP contribution in [0.25, 0.3) is 0 Å². The monoisotopic (exact) mass is 686 g/mol. The van der Waals surface area contributed by atoms with E-state index >= 15 is 0 Å². The van der Waals surface area contributed by atoms with Crippen molar-refractivity contribution >= 4 is 116 Å². The zero-order valence-electron chi connectivity index (χ0n) is 19.4. The molecule has 3 aliphatic rings. The summed E-state index contributed by atoms with van der Waals surface area (Å²) in [5, 5.41) is 1.48. The number of Topliss-reactive ketones (excluding diaryl/α,β-unsaturated/α-hetero) is 1. The Kier molecular flexibility index (Phi) is 7.26. The summed E-state index contributed by atoms with van der Waals surface area (Å²) in [6.45, 7) is 1.37. The van der Waals surface area contributed by atoms with E-state index in [9.17, 15) is 19.2 Å². The first-order valence-electron chi connectivity index (χ1n) is 11.2. The van der Waals surface area contributed by atoms with Crippen molar-refractivity contribution in [2.75, 3.05) is 0 Å². The van der Waals surface area contributed by atoms with Gasteiger partial charge in [-0.15, -0.1) is 23.2 Å². The molecule has 5 atom stereocenters. The van der Waals surface area contributed by atoms with Crippen molar-refractivity contribution in [3.8, 4) is 0 Å². The Bertz CT molecular complexity index is 1430. The van der Waals surface area contributed by atoms with Gasteiger partial charge in [0.2, 0.25) is 0 Å². The van der Waals surface area contributed by atoms with E-state index in [1.54, 1.807) is 0 Å². The largest absolute Gasteiger partial charge is 0.292 e. The van der Waals surface area contributed by atoms with Crippen LogP contribution in [0, 0.1) is 11.8 Å². The van der Waals surface area contributed by atoms with Crippen LogP contribution >= 0.6 is 92.8 Å². The molecule has 0 N–H and O–H groups in total. The molecule has 2 aromatic carbocycles. The molecule has 0 unspecified atom stereocenters. The van der Waals surface area contributed by atoms with E-state index in [0.29, 0.717) is 15.1 Å². The first kappa shape index (κ1) is 29.3. The minimum atomic E-state index is -2.15. The quantitative estimate of drug-likeness (QED) is 0.191. The third-order valence-corrected chi connectivity index (χ3v) is 12.0. The zero-order valence-corrected chi connectivity index (χ0v) is 25.4. The third kappa shape index (κ3) is 3.76. The van der Waals surface area contributed by atoms with Crippen LogP contribution in [-0.2, 0) is 9.59 Å². The lowest BCUT2D eigenvalue weighted by Crippen LogP contribution is -2.59. The van der Waals surface area contributed by atoms with Gasteiger partial charge in [-0.05, 0) is 55.5 Å². The SMILES string of the molecule is C[C@H](C(=O)c1ccc(Cl)cc1)N(C(=O)c1ccc(Cl)cc1)N1C(=O)[C@H]2[C@H](C1=O)[C@@]1(Cl)C(Cl)=C(Cl)[C@@]2(Cl)C1(Cl)Cl. The number of amides is 3. The smallest absolute Gasteiger partial charge is 0.273 e. The number of benzene rings is 2. The lowest BCUT2D eigenvalue weighted by molar-refractivity contribution is -0.157. The summed E-state index contributed by atoms with van der Waals surface area (Å²) in [7, 11) is 0.